The maximum Gasteiger partial charge on any atom is 0.0659 e. The summed E-state index contributed by atoms with van der Waals surface area (Å²) >= 11 is 6.19. The van der Waals surface area contributed by atoms with Crippen LogP contribution in [0.3, 0.4) is 0 Å². The number of hydrogen-bond acceptors (Lipinski definition) is 3. The van der Waals surface area contributed by atoms with Crippen LogP contribution in [0.5, 0.6) is 0 Å². The number of anilines is 2. The zero-order valence-electron chi connectivity index (χ0n) is 9.70. The molecule has 0 spiro atoms. The molecule has 0 heterocycles. The van der Waals surface area contributed by atoms with E-state index in [1.807, 2.05) is 31.1 Å². The smallest absolute Gasteiger partial charge is 0.0659 e. The van der Waals surface area contributed by atoms with E-state index in [0.29, 0.717) is 12.1 Å². The van der Waals surface area contributed by atoms with Gasteiger partial charge in [0.15, 0.2) is 0 Å². The van der Waals surface area contributed by atoms with Crippen molar-refractivity contribution in [2.45, 2.75) is 24.9 Å². The van der Waals surface area contributed by atoms with Crippen molar-refractivity contribution in [1.82, 2.24) is 0 Å². The van der Waals surface area contributed by atoms with Crippen molar-refractivity contribution in [3.8, 4) is 0 Å². The first-order valence-corrected chi connectivity index (χ1v) is 5.93. The highest BCUT2D eigenvalue weighted by Crippen LogP contribution is 2.29. The van der Waals surface area contributed by atoms with Gasteiger partial charge in [-0.1, -0.05) is 11.6 Å². The maximum absolute atomic E-state index is 6.19. The lowest BCUT2D eigenvalue weighted by atomic mass is 9.87. The average Bonchev–Trinajstić information content (AvgIpc) is 2.15. The Balaban J connectivity index is 2.03. The molecule has 1 fully saturated rings. The van der Waals surface area contributed by atoms with Gasteiger partial charge in [0.05, 0.1) is 10.7 Å². The predicted octanol–water partition coefficient (Wildman–Crippen LogP) is 2.31. The Morgan fingerprint density at radius 3 is 2.56 bits per heavy atom. The van der Waals surface area contributed by atoms with Crippen molar-refractivity contribution in [2.75, 3.05) is 24.3 Å². The Labute approximate surface area is 102 Å². The average molecular weight is 240 g/mol. The molecule has 16 heavy (non-hydrogen) atoms. The summed E-state index contributed by atoms with van der Waals surface area (Å²) in [7, 11) is 3.97. The highest BCUT2D eigenvalue weighted by molar-refractivity contribution is 6.33. The van der Waals surface area contributed by atoms with Crippen LogP contribution in [0.15, 0.2) is 18.2 Å². The van der Waals surface area contributed by atoms with Gasteiger partial charge >= 0.3 is 0 Å². The Bertz CT molecular complexity index is 373. The summed E-state index contributed by atoms with van der Waals surface area (Å²) in [5, 5.41) is 4.21. The third-order valence-corrected chi connectivity index (χ3v) is 3.28. The van der Waals surface area contributed by atoms with Gasteiger partial charge < -0.3 is 16.0 Å². The fourth-order valence-corrected chi connectivity index (χ4v) is 2.32. The van der Waals surface area contributed by atoms with E-state index in [9.17, 15) is 0 Å². The molecule has 88 valence electrons. The minimum absolute atomic E-state index is 0.369. The lowest BCUT2D eigenvalue weighted by molar-refractivity contribution is 0.374. The van der Waals surface area contributed by atoms with Crippen molar-refractivity contribution >= 4 is 23.0 Å². The first-order valence-electron chi connectivity index (χ1n) is 5.55. The molecule has 0 atom stereocenters. The fourth-order valence-electron chi connectivity index (χ4n) is 1.97. The van der Waals surface area contributed by atoms with Gasteiger partial charge in [0.1, 0.15) is 0 Å². The van der Waals surface area contributed by atoms with Crippen LogP contribution in [-0.4, -0.2) is 26.2 Å². The summed E-state index contributed by atoms with van der Waals surface area (Å²) in [4.78, 5) is 2.01. The Kier molecular flexibility index (Phi) is 3.26. The Hall–Kier alpha value is -0.930. The standard InChI is InChI=1S/C12H18ClN3/c1-16(2)12-4-3-9(7-11(12)13)15-10-5-8(14)6-10/h3-4,7-8,10,15H,5-6,14H2,1-2H3. The van der Waals surface area contributed by atoms with Crippen LogP contribution < -0.4 is 16.0 Å². The summed E-state index contributed by atoms with van der Waals surface area (Å²) in [6, 6.07) is 6.94. The number of nitrogens with two attached hydrogens (primary N) is 1. The molecule has 1 aromatic rings. The van der Waals surface area contributed by atoms with E-state index >= 15 is 0 Å². The van der Waals surface area contributed by atoms with Crippen molar-refractivity contribution in [1.29, 1.82) is 0 Å². The zero-order chi connectivity index (χ0) is 11.7. The summed E-state index contributed by atoms with van der Waals surface area (Å²) in [6.07, 6.45) is 2.10. The molecule has 0 aromatic heterocycles. The zero-order valence-corrected chi connectivity index (χ0v) is 10.5. The van der Waals surface area contributed by atoms with Gasteiger partial charge in [0.25, 0.3) is 0 Å². The van der Waals surface area contributed by atoms with Crippen molar-refractivity contribution in [2.24, 2.45) is 5.73 Å². The molecule has 0 unspecified atom stereocenters. The molecule has 0 radical (unpaired) electrons. The number of nitrogens with one attached hydrogen (secondary N) is 1. The molecule has 1 saturated carbocycles. The van der Waals surface area contributed by atoms with Crippen LogP contribution in [0, 0.1) is 0 Å². The molecular weight excluding hydrogens is 222 g/mol. The minimum Gasteiger partial charge on any atom is -0.382 e. The molecule has 1 aliphatic carbocycles. The van der Waals surface area contributed by atoms with Crippen LogP contribution in [0.1, 0.15) is 12.8 Å². The minimum atomic E-state index is 0.369. The quantitative estimate of drug-likeness (QED) is 0.851. The van der Waals surface area contributed by atoms with Crippen LogP contribution in [-0.2, 0) is 0 Å². The van der Waals surface area contributed by atoms with Gasteiger partial charge in [0, 0.05) is 31.9 Å². The van der Waals surface area contributed by atoms with Crippen molar-refractivity contribution in [3.05, 3.63) is 23.2 Å². The highest BCUT2D eigenvalue weighted by Gasteiger charge is 2.25. The molecular formula is C12H18ClN3. The molecule has 3 N–H and O–H groups in total. The van der Waals surface area contributed by atoms with Gasteiger partial charge in [-0.15, -0.1) is 0 Å². The van der Waals surface area contributed by atoms with Gasteiger partial charge in [-0.2, -0.15) is 0 Å². The third kappa shape index (κ3) is 2.42. The number of benzene rings is 1. The molecule has 0 bridgehead atoms. The van der Waals surface area contributed by atoms with Crippen LogP contribution in [0.25, 0.3) is 0 Å². The van der Waals surface area contributed by atoms with Crippen LogP contribution >= 0.6 is 11.6 Å². The summed E-state index contributed by atoms with van der Waals surface area (Å²) in [6.45, 7) is 0. The molecule has 1 aromatic carbocycles. The normalized spacial score (nSPS) is 23.8. The first kappa shape index (κ1) is 11.6. The Morgan fingerprint density at radius 2 is 2.06 bits per heavy atom. The summed E-state index contributed by atoms with van der Waals surface area (Å²) < 4.78 is 0. The third-order valence-electron chi connectivity index (χ3n) is 2.97. The van der Waals surface area contributed by atoms with Gasteiger partial charge in [0.2, 0.25) is 0 Å². The van der Waals surface area contributed by atoms with Crippen molar-refractivity contribution in [3.63, 3.8) is 0 Å². The van der Waals surface area contributed by atoms with E-state index in [-0.39, 0.29) is 0 Å². The maximum atomic E-state index is 6.19. The number of nitrogens with zero attached hydrogens (tertiary/aromatic N) is 1. The molecule has 2 rings (SSSR count). The SMILES string of the molecule is CN(C)c1ccc(NC2CC(N)C2)cc1Cl. The molecule has 0 amide bonds. The Morgan fingerprint density at radius 1 is 1.38 bits per heavy atom. The highest BCUT2D eigenvalue weighted by atomic mass is 35.5. The second-order valence-corrected chi connectivity index (χ2v) is 5.04. The van der Waals surface area contributed by atoms with Gasteiger partial charge in [-0.25, -0.2) is 0 Å². The van der Waals surface area contributed by atoms with E-state index in [1.165, 1.54) is 0 Å². The molecule has 0 aliphatic heterocycles. The first-order chi connectivity index (χ1) is 7.56. The van der Waals surface area contributed by atoms with E-state index in [0.717, 1.165) is 29.2 Å². The number of rotatable bonds is 3. The second kappa shape index (κ2) is 4.52. The van der Waals surface area contributed by atoms with Gasteiger partial charge in [-0.05, 0) is 31.0 Å². The molecule has 4 heteroatoms. The number of halogens is 1. The fraction of sp³-hybridized carbons (Fsp3) is 0.500. The molecule has 0 saturated heterocycles. The molecule has 1 aliphatic rings. The number of hydrogen-bond donors (Lipinski definition) is 2. The van der Waals surface area contributed by atoms with E-state index < -0.39 is 0 Å². The summed E-state index contributed by atoms with van der Waals surface area (Å²) in [5.74, 6) is 0. The molecule has 3 nitrogen and oxygen atoms in total. The van der Waals surface area contributed by atoms with E-state index in [4.69, 9.17) is 17.3 Å². The lowest BCUT2D eigenvalue weighted by Crippen LogP contribution is -2.44. The lowest BCUT2D eigenvalue weighted by Gasteiger charge is -2.34. The monoisotopic (exact) mass is 239 g/mol. The van der Waals surface area contributed by atoms with Crippen molar-refractivity contribution < 1.29 is 0 Å². The predicted molar refractivity (Wildman–Crippen MR) is 70.4 cm³/mol. The van der Waals surface area contributed by atoms with E-state index in [2.05, 4.69) is 11.4 Å². The van der Waals surface area contributed by atoms with Gasteiger partial charge in [-0.3, -0.25) is 0 Å². The van der Waals surface area contributed by atoms with E-state index in [1.54, 1.807) is 0 Å². The second-order valence-electron chi connectivity index (χ2n) is 4.63. The topological polar surface area (TPSA) is 41.3 Å². The van der Waals surface area contributed by atoms with Crippen LogP contribution in [0.4, 0.5) is 11.4 Å². The van der Waals surface area contributed by atoms with Crippen LogP contribution in [0.2, 0.25) is 5.02 Å². The largest absolute Gasteiger partial charge is 0.382 e. The summed E-state index contributed by atoms with van der Waals surface area (Å²) in [5.41, 5.74) is 7.86.